The maximum absolute atomic E-state index is 12.2. The van der Waals surface area contributed by atoms with Gasteiger partial charge in [0.25, 0.3) is 0 Å². The van der Waals surface area contributed by atoms with Gasteiger partial charge in [-0.2, -0.15) is 0 Å². The number of hydrogen-bond acceptors (Lipinski definition) is 10. The number of nitrogen functional groups attached to an aromatic ring is 1. The Labute approximate surface area is 131 Å². The first-order valence-electron chi connectivity index (χ1n) is 5.91. The van der Waals surface area contributed by atoms with Crippen molar-refractivity contribution < 1.29 is 23.2 Å². The van der Waals surface area contributed by atoms with Crippen LogP contribution in [0.15, 0.2) is 11.4 Å². The third kappa shape index (κ3) is 5.33. The predicted octanol–water partition coefficient (Wildman–Crippen LogP) is 1.92. The number of rotatable bonds is 8. The summed E-state index contributed by atoms with van der Waals surface area (Å²) in [4.78, 5) is 21.1. The zero-order chi connectivity index (χ0) is 15.9. The van der Waals surface area contributed by atoms with E-state index in [1.54, 1.807) is 13.8 Å². The van der Waals surface area contributed by atoms with Crippen molar-refractivity contribution in [2.45, 2.75) is 13.8 Å². The Morgan fingerprint density at radius 1 is 1.48 bits per heavy atom. The summed E-state index contributed by atoms with van der Waals surface area (Å²) in [7, 11) is 1.30. The summed E-state index contributed by atoms with van der Waals surface area (Å²) in [6.45, 7) is 0.800. The first-order valence-corrected chi connectivity index (χ1v) is 9.28. The summed E-state index contributed by atoms with van der Waals surface area (Å²) >= 11 is 6.19. The van der Waals surface area contributed by atoms with Crippen molar-refractivity contribution in [2.75, 3.05) is 26.1 Å². The molecule has 1 aromatic heterocycles. The second-order valence-electron chi connectivity index (χ2n) is 3.35. The molecule has 0 atom stereocenters. The second-order valence-corrected chi connectivity index (χ2v) is 7.34. The van der Waals surface area contributed by atoms with Crippen molar-refractivity contribution in [3.05, 3.63) is 11.1 Å². The fraction of sp³-hybridized carbons (Fsp3) is 0.500. The summed E-state index contributed by atoms with van der Waals surface area (Å²) in [6, 6.07) is 0. The molecule has 0 unspecified atom stereocenters. The highest BCUT2D eigenvalue weighted by Crippen LogP contribution is 2.50. The van der Waals surface area contributed by atoms with E-state index in [2.05, 4.69) is 15.0 Å². The van der Waals surface area contributed by atoms with Gasteiger partial charge in [-0.1, -0.05) is 16.5 Å². The lowest BCUT2D eigenvalue weighted by molar-refractivity contribution is -0.128. The first-order chi connectivity index (χ1) is 9.95. The molecule has 0 aliphatic heterocycles. The van der Waals surface area contributed by atoms with Gasteiger partial charge in [0.1, 0.15) is 7.11 Å². The molecule has 0 aliphatic rings. The zero-order valence-corrected chi connectivity index (χ0v) is 14.3. The van der Waals surface area contributed by atoms with E-state index in [0.717, 1.165) is 11.3 Å². The molecule has 118 valence electrons. The molecule has 11 heteroatoms. The highest BCUT2D eigenvalue weighted by molar-refractivity contribution is 8.07. The van der Waals surface area contributed by atoms with Gasteiger partial charge in [0.05, 0.1) is 24.3 Å². The largest absolute Gasteiger partial charge is 0.398 e. The van der Waals surface area contributed by atoms with Crippen LogP contribution in [0.2, 0.25) is 0 Å². The topological polar surface area (TPSA) is 105 Å². The molecule has 2 N–H and O–H groups in total. The summed E-state index contributed by atoms with van der Waals surface area (Å²) < 4.78 is 15.6. The molecule has 0 aliphatic carbocycles. The quantitative estimate of drug-likeness (QED) is 0.429. The molecule has 0 aromatic carbocycles. The van der Waals surface area contributed by atoms with Gasteiger partial charge in [-0.25, -0.2) is 9.78 Å². The van der Waals surface area contributed by atoms with Crippen LogP contribution in [-0.4, -0.2) is 37.0 Å². The third-order valence-corrected chi connectivity index (χ3v) is 5.13. The van der Waals surface area contributed by atoms with Gasteiger partial charge in [0, 0.05) is 11.8 Å². The van der Waals surface area contributed by atoms with Crippen LogP contribution in [-0.2, 0) is 35.0 Å². The Balaban J connectivity index is 2.97. The number of carbonyl (C=O) groups is 1. The van der Waals surface area contributed by atoms with Gasteiger partial charge in [-0.15, -0.1) is 0 Å². The van der Waals surface area contributed by atoms with Gasteiger partial charge in [-0.3, -0.25) is 9.05 Å². The average molecular weight is 353 g/mol. The molecule has 21 heavy (non-hydrogen) atoms. The van der Waals surface area contributed by atoms with Crippen LogP contribution in [0.5, 0.6) is 0 Å². The van der Waals surface area contributed by atoms with Crippen LogP contribution < -0.4 is 5.73 Å². The van der Waals surface area contributed by atoms with E-state index >= 15 is 0 Å². The smallest absolute Gasteiger partial charge is 0.383 e. The Hall–Kier alpha value is -1.06. The summed E-state index contributed by atoms with van der Waals surface area (Å²) in [5.74, 6) is -0.814. The van der Waals surface area contributed by atoms with Crippen molar-refractivity contribution >= 4 is 46.7 Å². The standard InChI is InChI=1S/C10H16N3O5PS2/c1-4-16-19(20,17-5-2)18-9(14)8(13-15-3)7-6-12-10(11)21-7/h6H,4-5H2,1-3H3,(H2,11,12)/b13-8-. The molecule has 1 aromatic rings. The van der Waals surface area contributed by atoms with E-state index in [1.807, 2.05) is 0 Å². The average Bonchev–Trinajstić information content (AvgIpc) is 2.82. The van der Waals surface area contributed by atoms with Gasteiger partial charge < -0.3 is 15.1 Å². The van der Waals surface area contributed by atoms with Crippen LogP contribution in [0.1, 0.15) is 18.7 Å². The number of aromatic nitrogens is 1. The highest BCUT2D eigenvalue weighted by atomic mass is 32.5. The number of carbonyl (C=O) groups excluding carboxylic acids is 1. The molecule has 1 heterocycles. The summed E-state index contributed by atoms with van der Waals surface area (Å²) in [5.41, 5.74) is 5.43. The Bertz CT molecular complexity index is 553. The number of nitrogens with two attached hydrogens (primary N) is 1. The van der Waals surface area contributed by atoms with Gasteiger partial charge in [-0.05, 0) is 13.8 Å². The fourth-order valence-corrected chi connectivity index (χ4v) is 3.81. The highest BCUT2D eigenvalue weighted by Gasteiger charge is 2.29. The lowest BCUT2D eigenvalue weighted by Crippen LogP contribution is -2.18. The SMILES string of the molecule is CCOP(=S)(OCC)OC(=O)/C(=N\OC)c1cnc(N)s1. The predicted molar refractivity (Wildman–Crippen MR) is 83.7 cm³/mol. The molecule has 0 amide bonds. The molecule has 0 fully saturated rings. The van der Waals surface area contributed by atoms with Gasteiger partial charge in [0.15, 0.2) is 5.13 Å². The monoisotopic (exact) mass is 353 g/mol. The number of oxime groups is 1. The zero-order valence-electron chi connectivity index (χ0n) is 11.8. The lowest BCUT2D eigenvalue weighted by Gasteiger charge is -2.19. The van der Waals surface area contributed by atoms with Crippen LogP contribution in [0.25, 0.3) is 0 Å². The third-order valence-electron chi connectivity index (χ3n) is 1.90. The van der Waals surface area contributed by atoms with Gasteiger partial charge >= 0.3 is 12.7 Å². The molecule has 0 spiro atoms. The number of thiazole rings is 1. The molecule has 0 radical (unpaired) electrons. The van der Waals surface area contributed by atoms with Crippen molar-refractivity contribution in [2.24, 2.45) is 5.16 Å². The van der Waals surface area contributed by atoms with Crippen molar-refractivity contribution in [3.63, 3.8) is 0 Å². The first kappa shape index (κ1) is 18.0. The molecular weight excluding hydrogens is 337 g/mol. The normalized spacial score (nSPS) is 12.2. The molecule has 8 nitrogen and oxygen atoms in total. The van der Waals surface area contributed by atoms with E-state index in [9.17, 15) is 4.79 Å². The molecule has 0 saturated carbocycles. The molecule has 1 rings (SSSR count). The minimum absolute atomic E-state index is 0.0969. The van der Waals surface area contributed by atoms with Crippen molar-refractivity contribution in [1.29, 1.82) is 0 Å². The number of hydrogen-bond donors (Lipinski definition) is 1. The summed E-state index contributed by atoms with van der Waals surface area (Å²) in [6.07, 6.45) is 1.39. The Morgan fingerprint density at radius 2 is 2.10 bits per heavy atom. The van der Waals surface area contributed by atoms with Crippen LogP contribution in [0, 0.1) is 0 Å². The van der Waals surface area contributed by atoms with Crippen molar-refractivity contribution in [1.82, 2.24) is 4.98 Å². The Kier molecular flexibility index (Phi) is 7.20. The lowest BCUT2D eigenvalue weighted by atomic mass is 10.3. The van der Waals surface area contributed by atoms with Crippen LogP contribution in [0.4, 0.5) is 5.13 Å². The van der Waals surface area contributed by atoms with Crippen molar-refractivity contribution in [3.8, 4) is 0 Å². The fourth-order valence-electron chi connectivity index (χ4n) is 1.22. The van der Waals surface area contributed by atoms with Crippen LogP contribution in [0.3, 0.4) is 0 Å². The van der Waals surface area contributed by atoms with E-state index in [0.29, 0.717) is 4.88 Å². The second kappa shape index (κ2) is 8.40. The molecule has 0 saturated heterocycles. The minimum atomic E-state index is -3.17. The van der Waals surface area contributed by atoms with E-state index in [4.69, 9.17) is 31.1 Å². The van der Waals surface area contributed by atoms with E-state index in [1.165, 1.54) is 13.3 Å². The van der Waals surface area contributed by atoms with Crippen LogP contribution >= 0.6 is 18.1 Å². The number of nitrogens with zero attached hydrogens (tertiary/aromatic N) is 2. The van der Waals surface area contributed by atoms with E-state index in [-0.39, 0.29) is 24.1 Å². The molecule has 0 bridgehead atoms. The van der Waals surface area contributed by atoms with Gasteiger partial charge in [0.2, 0.25) is 5.71 Å². The van der Waals surface area contributed by atoms with E-state index < -0.39 is 12.7 Å². The number of anilines is 1. The maximum Gasteiger partial charge on any atom is 0.383 e. The maximum atomic E-state index is 12.2. The molecular formula is C10H16N3O5PS2. The summed E-state index contributed by atoms with van der Waals surface area (Å²) in [5, 5.41) is 3.92. The minimum Gasteiger partial charge on any atom is -0.398 e. The Morgan fingerprint density at radius 3 is 2.52 bits per heavy atom.